The molecule has 0 saturated carbocycles. The van der Waals surface area contributed by atoms with E-state index in [4.69, 9.17) is 11.6 Å². The molecule has 0 aliphatic rings. The largest absolute Gasteiger partial charge is 0.242 e. The Bertz CT molecular complexity index is 861. The summed E-state index contributed by atoms with van der Waals surface area (Å²) in [6, 6.07) is 6.15. The molecule has 0 unspecified atom stereocenters. The minimum atomic E-state index is -3.75. The number of sulfonamides is 1. The zero-order chi connectivity index (χ0) is 18.1. The number of hydrogen-bond acceptors (Lipinski definition) is 3. The van der Waals surface area contributed by atoms with Crippen molar-refractivity contribution < 1.29 is 12.8 Å². The summed E-state index contributed by atoms with van der Waals surface area (Å²) in [6.45, 7) is 7.10. The van der Waals surface area contributed by atoms with Gasteiger partial charge in [0.15, 0.2) is 0 Å². The van der Waals surface area contributed by atoms with Gasteiger partial charge in [0.05, 0.1) is 5.02 Å². The summed E-state index contributed by atoms with van der Waals surface area (Å²) in [5, 5.41) is 0.146. The molecule has 1 aromatic heterocycles. The van der Waals surface area contributed by atoms with Gasteiger partial charge in [0.1, 0.15) is 4.90 Å². The lowest BCUT2D eigenvalue weighted by Gasteiger charge is -2.21. The maximum absolute atomic E-state index is 13.3. The highest BCUT2D eigenvalue weighted by Crippen LogP contribution is 2.25. The van der Waals surface area contributed by atoms with Gasteiger partial charge in [0, 0.05) is 11.7 Å². The number of halogens is 2. The van der Waals surface area contributed by atoms with Crippen molar-refractivity contribution in [3.63, 3.8) is 0 Å². The SMILES string of the molecule is Cc1cnc(F)cc1Cc1ccc(Cl)c(S(=O)(=O)NC(C)(C)C)c1. The van der Waals surface area contributed by atoms with Gasteiger partial charge in [-0.2, -0.15) is 4.39 Å². The van der Waals surface area contributed by atoms with E-state index in [0.29, 0.717) is 6.42 Å². The number of nitrogens with one attached hydrogen (secondary N) is 1. The fourth-order valence-corrected chi connectivity index (χ4v) is 4.24. The lowest BCUT2D eigenvalue weighted by molar-refractivity contribution is 0.491. The van der Waals surface area contributed by atoms with Crippen LogP contribution in [-0.2, 0) is 16.4 Å². The average Bonchev–Trinajstić information content (AvgIpc) is 2.42. The second kappa shape index (κ2) is 6.78. The van der Waals surface area contributed by atoms with Gasteiger partial charge in [-0.25, -0.2) is 18.1 Å². The fourth-order valence-electron chi connectivity index (χ4n) is 2.27. The van der Waals surface area contributed by atoms with Crippen LogP contribution < -0.4 is 4.72 Å². The van der Waals surface area contributed by atoms with Crippen molar-refractivity contribution in [1.29, 1.82) is 0 Å². The molecule has 1 aromatic carbocycles. The maximum atomic E-state index is 13.3. The average molecular weight is 371 g/mol. The van der Waals surface area contributed by atoms with Crippen LogP contribution in [0.5, 0.6) is 0 Å². The van der Waals surface area contributed by atoms with Crippen LogP contribution in [0.2, 0.25) is 5.02 Å². The Morgan fingerprint density at radius 2 is 1.92 bits per heavy atom. The number of hydrogen-bond donors (Lipinski definition) is 1. The molecule has 0 fully saturated rings. The molecule has 1 N–H and O–H groups in total. The molecular formula is C17H20ClFN2O2S. The second-order valence-electron chi connectivity index (χ2n) is 6.73. The summed E-state index contributed by atoms with van der Waals surface area (Å²) in [5.41, 5.74) is 1.69. The van der Waals surface area contributed by atoms with Crippen molar-refractivity contribution in [2.24, 2.45) is 0 Å². The van der Waals surface area contributed by atoms with Gasteiger partial charge in [-0.1, -0.05) is 17.7 Å². The van der Waals surface area contributed by atoms with E-state index in [-0.39, 0.29) is 9.92 Å². The first-order valence-corrected chi connectivity index (χ1v) is 9.27. The smallest absolute Gasteiger partial charge is 0.228 e. The van der Waals surface area contributed by atoms with E-state index in [1.165, 1.54) is 18.3 Å². The molecule has 0 radical (unpaired) electrons. The third-order valence-corrected chi connectivity index (χ3v) is 5.54. The Hall–Kier alpha value is -1.50. The Morgan fingerprint density at radius 3 is 2.54 bits per heavy atom. The van der Waals surface area contributed by atoms with Crippen molar-refractivity contribution >= 4 is 21.6 Å². The highest BCUT2D eigenvalue weighted by atomic mass is 35.5. The van der Waals surface area contributed by atoms with Crippen LogP contribution in [0.15, 0.2) is 35.4 Å². The third kappa shape index (κ3) is 4.75. The predicted octanol–water partition coefficient (Wildman–Crippen LogP) is 3.85. The van der Waals surface area contributed by atoms with Gasteiger partial charge in [0.2, 0.25) is 16.0 Å². The van der Waals surface area contributed by atoms with Gasteiger partial charge < -0.3 is 0 Å². The van der Waals surface area contributed by atoms with E-state index < -0.39 is 21.5 Å². The molecule has 0 bridgehead atoms. The van der Waals surface area contributed by atoms with Crippen LogP contribution in [0, 0.1) is 12.9 Å². The Kier molecular flexibility index (Phi) is 5.32. The van der Waals surface area contributed by atoms with E-state index >= 15 is 0 Å². The monoisotopic (exact) mass is 370 g/mol. The number of rotatable bonds is 4. The normalized spacial score (nSPS) is 12.4. The molecule has 0 aliphatic heterocycles. The van der Waals surface area contributed by atoms with Crippen molar-refractivity contribution in [3.8, 4) is 0 Å². The van der Waals surface area contributed by atoms with Crippen LogP contribution >= 0.6 is 11.6 Å². The highest BCUT2D eigenvalue weighted by molar-refractivity contribution is 7.89. The maximum Gasteiger partial charge on any atom is 0.242 e. The summed E-state index contributed by atoms with van der Waals surface area (Å²) >= 11 is 6.08. The molecule has 0 atom stereocenters. The van der Waals surface area contributed by atoms with Gasteiger partial charge >= 0.3 is 0 Å². The first-order valence-electron chi connectivity index (χ1n) is 7.41. The number of aromatic nitrogens is 1. The summed E-state index contributed by atoms with van der Waals surface area (Å²) in [4.78, 5) is 3.62. The van der Waals surface area contributed by atoms with Gasteiger partial charge in [-0.15, -0.1) is 0 Å². The Morgan fingerprint density at radius 1 is 1.25 bits per heavy atom. The van der Waals surface area contributed by atoms with Crippen LogP contribution in [0.4, 0.5) is 4.39 Å². The van der Waals surface area contributed by atoms with Crippen molar-refractivity contribution in [2.75, 3.05) is 0 Å². The quantitative estimate of drug-likeness (QED) is 0.831. The topological polar surface area (TPSA) is 59.1 Å². The van der Waals surface area contributed by atoms with Crippen molar-refractivity contribution in [2.45, 2.75) is 44.6 Å². The molecular weight excluding hydrogens is 351 g/mol. The second-order valence-corrected chi connectivity index (χ2v) is 8.79. The summed E-state index contributed by atoms with van der Waals surface area (Å²) in [6.07, 6.45) is 1.85. The minimum absolute atomic E-state index is 0.0174. The summed E-state index contributed by atoms with van der Waals surface area (Å²) in [5.74, 6) is -0.563. The zero-order valence-electron chi connectivity index (χ0n) is 14.0. The molecule has 0 spiro atoms. The third-order valence-electron chi connectivity index (χ3n) is 3.30. The molecule has 130 valence electrons. The van der Waals surface area contributed by atoms with E-state index in [2.05, 4.69) is 9.71 Å². The number of benzene rings is 1. The standard InChI is InChI=1S/C17H20ClFN2O2S/c1-11-10-20-16(19)9-13(11)7-12-5-6-14(18)15(8-12)24(22,23)21-17(2,3)4/h5-6,8-10,21H,7H2,1-4H3. The van der Waals surface area contributed by atoms with Gasteiger partial charge in [-0.3, -0.25) is 0 Å². The molecule has 0 saturated heterocycles. The number of nitrogens with zero attached hydrogens (tertiary/aromatic N) is 1. The number of aryl methyl sites for hydroxylation is 1. The zero-order valence-corrected chi connectivity index (χ0v) is 15.6. The van der Waals surface area contributed by atoms with Crippen LogP contribution in [-0.4, -0.2) is 18.9 Å². The molecule has 0 amide bonds. The van der Waals surface area contributed by atoms with Gasteiger partial charge in [0.25, 0.3) is 0 Å². The van der Waals surface area contributed by atoms with Crippen LogP contribution in [0.25, 0.3) is 0 Å². The van der Waals surface area contributed by atoms with E-state index in [0.717, 1.165) is 16.7 Å². The Labute approximate surface area is 147 Å². The lowest BCUT2D eigenvalue weighted by atomic mass is 10.0. The fraction of sp³-hybridized carbons (Fsp3) is 0.353. The van der Waals surface area contributed by atoms with E-state index in [1.54, 1.807) is 32.9 Å². The lowest BCUT2D eigenvalue weighted by Crippen LogP contribution is -2.40. The Balaban J connectivity index is 2.40. The van der Waals surface area contributed by atoms with Crippen LogP contribution in [0.1, 0.15) is 37.5 Å². The van der Waals surface area contributed by atoms with Crippen LogP contribution in [0.3, 0.4) is 0 Å². The van der Waals surface area contributed by atoms with E-state index in [9.17, 15) is 12.8 Å². The summed E-state index contributed by atoms with van der Waals surface area (Å²) in [7, 11) is -3.75. The van der Waals surface area contributed by atoms with Crippen molar-refractivity contribution in [1.82, 2.24) is 9.71 Å². The first-order chi connectivity index (χ1) is 11.0. The molecule has 24 heavy (non-hydrogen) atoms. The molecule has 2 rings (SSSR count). The minimum Gasteiger partial charge on any atom is -0.228 e. The predicted molar refractivity (Wildman–Crippen MR) is 93.3 cm³/mol. The molecule has 7 heteroatoms. The van der Waals surface area contributed by atoms with Gasteiger partial charge in [-0.05, 0) is 69.0 Å². The van der Waals surface area contributed by atoms with Crippen molar-refractivity contribution in [3.05, 3.63) is 58.1 Å². The molecule has 0 aliphatic carbocycles. The highest BCUT2D eigenvalue weighted by Gasteiger charge is 2.24. The molecule has 1 heterocycles. The number of pyridine rings is 1. The first kappa shape index (κ1) is 18.8. The van der Waals surface area contributed by atoms with E-state index in [1.807, 2.05) is 6.92 Å². The molecule has 2 aromatic rings. The summed E-state index contributed by atoms with van der Waals surface area (Å²) < 4.78 is 41.0. The molecule has 4 nitrogen and oxygen atoms in total.